The molecular weight excluding hydrogens is 233 g/mol. The maximum atomic E-state index is 13.6. The largest absolute Gasteiger partial charge is 0.392 e. The van der Waals surface area contributed by atoms with Crippen LogP contribution >= 0.6 is 0 Å². The first-order valence-electron chi connectivity index (χ1n) is 4.89. The molecule has 1 rings (SSSR count). The number of nitrogens with one attached hydrogen (secondary N) is 1. The molecule has 2 N–H and O–H groups in total. The Morgan fingerprint density at radius 2 is 2.12 bits per heavy atom. The molecular formula is C10H14FNO3S. The van der Waals surface area contributed by atoms with Crippen LogP contribution in [-0.2, 0) is 16.6 Å². The van der Waals surface area contributed by atoms with E-state index in [1.165, 1.54) is 18.2 Å². The van der Waals surface area contributed by atoms with Gasteiger partial charge in [-0.3, -0.25) is 4.72 Å². The summed E-state index contributed by atoms with van der Waals surface area (Å²) in [7, 11) is -3.50. The Kier molecular flexibility index (Phi) is 4.26. The van der Waals surface area contributed by atoms with Crippen molar-refractivity contribution in [3.63, 3.8) is 0 Å². The van der Waals surface area contributed by atoms with Crippen LogP contribution in [0.25, 0.3) is 0 Å². The molecule has 0 amide bonds. The summed E-state index contributed by atoms with van der Waals surface area (Å²) in [6.07, 6.45) is 0.455. The summed E-state index contributed by atoms with van der Waals surface area (Å²) in [5, 5.41) is 8.83. The van der Waals surface area contributed by atoms with Gasteiger partial charge >= 0.3 is 0 Å². The van der Waals surface area contributed by atoms with Crippen molar-refractivity contribution in [3.8, 4) is 0 Å². The SMILES string of the molecule is CCCS(=O)(=O)Nc1cccc(CO)c1F. The zero-order valence-corrected chi connectivity index (χ0v) is 9.72. The molecule has 0 aromatic heterocycles. The van der Waals surface area contributed by atoms with E-state index in [1.807, 2.05) is 0 Å². The first-order valence-corrected chi connectivity index (χ1v) is 6.54. The third-order valence-electron chi connectivity index (χ3n) is 1.99. The van der Waals surface area contributed by atoms with Crippen molar-refractivity contribution in [1.82, 2.24) is 0 Å². The standard InChI is InChI=1S/C10H14FNO3S/c1-2-6-16(14,15)12-9-5-3-4-8(7-13)10(9)11/h3-5,12-13H,2,6-7H2,1H3. The van der Waals surface area contributed by atoms with Gasteiger partial charge in [-0.15, -0.1) is 0 Å². The molecule has 6 heteroatoms. The fourth-order valence-electron chi connectivity index (χ4n) is 1.27. The van der Waals surface area contributed by atoms with Gasteiger partial charge in [0.25, 0.3) is 0 Å². The van der Waals surface area contributed by atoms with E-state index in [9.17, 15) is 12.8 Å². The number of benzene rings is 1. The van der Waals surface area contributed by atoms with Crippen molar-refractivity contribution in [3.05, 3.63) is 29.6 Å². The molecule has 0 atom stereocenters. The third kappa shape index (κ3) is 3.18. The molecule has 0 unspecified atom stereocenters. The van der Waals surface area contributed by atoms with Crippen LogP contribution in [0.15, 0.2) is 18.2 Å². The Morgan fingerprint density at radius 3 is 2.69 bits per heavy atom. The lowest BCUT2D eigenvalue weighted by molar-refractivity contribution is 0.276. The topological polar surface area (TPSA) is 66.4 Å². The molecule has 0 radical (unpaired) electrons. The van der Waals surface area contributed by atoms with E-state index in [0.717, 1.165) is 0 Å². The average Bonchev–Trinajstić information content (AvgIpc) is 2.21. The quantitative estimate of drug-likeness (QED) is 0.828. The fourth-order valence-corrected chi connectivity index (χ4v) is 2.40. The molecule has 1 aromatic carbocycles. The molecule has 0 fully saturated rings. The number of hydrogen-bond acceptors (Lipinski definition) is 3. The van der Waals surface area contributed by atoms with E-state index in [-0.39, 0.29) is 17.0 Å². The normalized spacial score (nSPS) is 11.4. The summed E-state index contributed by atoms with van der Waals surface area (Å²) in [5.41, 5.74) is -0.0586. The van der Waals surface area contributed by atoms with Crippen LogP contribution in [0.3, 0.4) is 0 Å². The van der Waals surface area contributed by atoms with Gasteiger partial charge in [-0.05, 0) is 12.5 Å². The van der Waals surface area contributed by atoms with Crippen molar-refractivity contribution in [2.24, 2.45) is 0 Å². The Morgan fingerprint density at radius 1 is 1.44 bits per heavy atom. The van der Waals surface area contributed by atoms with Crippen LogP contribution in [0.4, 0.5) is 10.1 Å². The zero-order valence-electron chi connectivity index (χ0n) is 8.90. The summed E-state index contributed by atoms with van der Waals surface area (Å²) in [6, 6.07) is 4.20. The van der Waals surface area contributed by atoms with Gasteiger partial charge in [0.2, 0.25) is 10.0 Å². The molecule has 1 aromatic rings. The Balaban J connectivity index is 2.98. The van der Waals surface area contributed by atoms with Crippen LogP contribution in [0.2, 0.25) is 0 Å². The molecule has 0 bridgehead atoms. The van der Waals surface area contributed by atoms with Crippen molar-refractivity contribution in [2.45, 2.75) is 20.0 Å². The number of halogens is 1. The fraction of sp³-hybridized carbons (Fsp3) is 0.400. The van der Waals surface area contributed by atoms with Gasteiger partial charge < -0.3 is 5.11 Å². The summed E-state index contributed by atoms with van der Waals surface area (Å²) < 4.78 is 38.5. The Labute approximate surface area is 94.2 Å². The lowest BCUT2D eigenvalue weighted by Crippen LogP contribution is -2.17. The minimum absolute atomic E-state index is 0.0597. The summed E-state index contributed by atoms with van der Waals surface area (Å²) in [6.45, 7) is 1.26. The number of hydrogen-bond donors (Lipinski definition) is 2. The highest BCUT2D eigenvalue weighted by Crippen LogP contribution is 2.19. The average molecular weight is 247 g/mol. The van der Waals surface area contributed by atoms with Gasteiger partial charge in [-0.25, -0.2) is 12.8 Å². The molecule has 4 nitrogen and oxygen atoms in total. The minimum atomic E-state index is -3.50. The highest BCUT2D eigenvalue weighted by molar-refractivity contribution is 7.92. The van der Waals surface area contributed by atoms with E-state index >= 15 is 0 Å². The van der Waals surface area contributed by atoms with E-state index < -0.39 is 22.4 Å². The number of aliphatic hydroxyl groups is 1. The second kappa shape index (κ2) is 5.27. The van der Waals surface area contributed by atoms with Crippen molar-refractivity contribution in [1.29, 1.82) is 0 Å². The van der Waals surface area contributed by atoms with Crippen molar-refractivity contribution < 1.29 is 17.9 Å². The number of aliphatic hydroxyl groups excluding tert-OH is 1. The molecule has 0 saturated heterocycles. The lowest BCUT2D eigenvalue weighted by Gasteiger charge is -2.09. The lowest BCUT2D eigenvalue weighted by atomic mass is 10.2. The molecule has 0 aliphatic rings. The predicted molar refractivity (Wildman–Crippen MR) is 60.0 cm³/mol. The van der Waals surface area contributed by atoms with Crippen LogP contribution in [0.5, 0.6) is 0 Å². The van der Waals surface area contributed by atoms with Gasteiger partial charge in [0.15, 0.2) is 5.82 Å². The molecule has 0 heterocycles. The van der Waals surface area contributed by atoms with E-state index in [2.05, 4.69) is 4.72 Å². The minimum Gasteiger partial charge on any atom is -0.392 e. The molecule has 90 valence electrons. The predicted octanol–water partition coefficient (Wildman–Crippen LogP) is 1.47. The number of rotatable bonds is 5. The van der Waals surface area contributed by atoms with E-state index in [4.69, 9.17) is 5.11 Å². The molecule has 0 saturated carbocycles. The van der Waals surface area contributed by atoms with Gasteiger partial charge in [-0.1, -0.05) is 19.1 Å². The summed E-state index contributed by atoms with van der Waals surface area (Å²) in [5.74, 6) is -0.792. The Bertz CT molecular complexity index is 459. The van der Waals surface area contributed by atoms with Gasteiger partial charge in [0.05, 0.1) is 18.0 Å². The summed E-state index contributed by atoms with van der Waals surface area (Å²) >= 11 is 0. The highest BCUT2D eigenvalue weighted by Gasteiger charge is 2.13. The van der Waals surface area contributed by atoms with Gasteiger partial charge in [0.1, 0.15) is 0 Å². The van der Waals surface area contributed by atoms with Crippen molar-refractivity contribution in [2.75, 3.05) is 10.5 Å². The first-order chi connectivity index (χ1) is 7.50. The van der Waals surface area contributed by atoms with Crippen molar-refractivity contribution >= 4 is 15.7 Å². The maximum absolute atomic E-state index is 13.6. The monoisotopic (exact) mass is 247 g/mol. The van der Waals surface area contributed by atoms with Gasteiger partial charge in [0, 0.05) is 5.56 Å². The van der Waals surface area contributed by atoms with Crippen LogP contribution in [0, 0.1) is 5.82 Å². The second-order valence-electron chi connectivity index (χ2n) is 3.36. The van der Waals surface area contributed by atoms with Crippen LogP contribution in [0.1, 0.15) is 18.9 Å². The number of anilines is 1. The van der Waals surface area contributed by atoms with Gasteiger partial charge in [-0.2, -0.15) is 0 Å². The molecule has 0 aliphatic carbocycles. The molecule has 16 heavy (non-hydrogen) atoms. The highest BCUT2D eigenvalue weighted by atomic mass is 32.2. The smallest absolute Gasteiger partial charge is 0.232 e. The maximum Gasteiger partial charge on any atom is 0.232 e. The molecule has 0 aliphatic heterocycles. The first kappa shape index (κ1) is 12.9. The van der Waals surface area contributed by atoms with E-state index in [0.29, 0.717) is 6.42 Å². The summed E-state index contributed by atoms with van der Waals surface area (Å²) in [4.78, 5) is 0. The van der Waals surface area contributed by atoms with Crippen LogP contribution < -0.4 is 4.72 Å². The second-order valence-corrected chi connectivity index (χ2v) is 5.20. The third-order valence-corrected chi connectivity index (χ3v) is 3.46. The number of sulfonamides is 1. The Hall–Kier alpha value is -1.14. The molecule has 0 spiro atoms. The zero-order chi connectivity index (χ0) is 12.2. The van der Waals surface area contributed by atoms with E-state index in [1.54, 1.807) is 6.92 Å². The van der Waals surface area contributed by atoms with Crippen LogP contribution in [-0.4, -0.2) is 19.3 Å².